The van der Waals surface area contributed by atoms with Crippen molar-refractivity contribution in [1.82, 2.24) is 15.0 Å². The number of anilines is 3. The van der Waals surface area contributed by atoms with Crippen molar-refractivity contribution in [3.63, 3.8) is 0 Å². The van der Waals surface area contributed by atoms with Crippen LogP contribution in [0.25, 0.3) is 0 Å². The van der Waals surface area contributed by atoms with Crippen molar-refractivity contribution >= 4 is 39.3 Å². The quantitative estimate of drug-likeness (QED) is 0.607. The third kappa shape index (κ3) is 5.23. The van der Waals surface area contributed by atoms with Gasteiger partial charge in [0.15, 0.2) is 0 Å². The summed E-state index contributed by atoms with van der Waals surface area (Å²) in [5, 5.41) is 11.8. The van der Waals surface area contributed by atoms with E-state index in [4.69, 9.17) is 21.3 Å². The van der Waals surface area contributed by atoms with Gasteiger partial charge in [0.25, 0.3) is 10.1 Å². The van der Waals surface area contributed by atoms with Gasteiger partial charge in [-0.05, 0) is 48.7 Å². The lowest BCUT2D eigenvalue weighted by atomic mass is 10.2. The second-order valence-electron chi connectivity index (χ2n) is 5.31. The summed E-state index contributed by atoms with van der Waals surface area (Å²) in [6.45, 7) is 2.15. The Labute approximate surface area is 150 Å². The average molecular weight is 388 g/mol. The maximum Gasteiger partial charge on any atom is 0.294 e. The topological polar surface area (TPSA) is 129 Å². The highest BCUT2D eigenvalue weighted by molar-refractivity contribution is 7.85. The van der Waals surface area contributed by atoms with Crippen LogP contribution in [0, 0.1) is 6.92 Å². The summed E-state index contributed by atoms with van der Waals surface area (Å²) in [5.41, 5.74) is 0.893. The van der Waals surface area contributed by atoms with E-state index in [-0.39, 0.29) is 22.7 Å². The summed E-state index contributed by atoms with van der Waals surface area (Å²) in [7, 11) is -2.51. The standard InChI is InChI=1S/C14H18ClN5O4S/c1-9-8-10(4-5-11(9)25(22,23)24)16-13-17-12(15)18-14(19-13)20(2)6-3-7-21/h4-5,8,21H,3,6-7H2,1-2H3,(H,22,23,24)(H,16,17,18,19). The summed E-state index contributed by atoms with van der Waals surface area (Å²) in [6, 6.07) is 4.29. The van der Waals surface area contributed by atoms with E-state index < -0.39 is 10.1 Å². The number of aliphatic hydroxyl groups is 1. The van der Waals surface area contributed by atoms with Gasteiger partial charge >= 0.3 is 0 Å². The van der Waals surface area contributed by atoms with Crippen LogP contribution in [0.5, 0.6) is 0 Å². The van der Waals surface area contributed by atoms with Crippen LogP contribution in [-0.4, -0.2) is 53.2 Å². The van der Waals surface area contributed by atoms with E-state index in [1.54, 1.807) is 18.9 Å². The lowest BCUT2D eigenvalue weighted by Crippen LogP contribution is -2.22. The molecule has 11 heteroatoms. The Balaban J connectivity index is 2.25. The van der Waals surface area contributed by atoms with E-state index in [2.05, 4.69) is 20.3 Å². The Morgan fingerprint density at radius 2 is 2.00 bits per heavy atom. The first-order chi connectivity index (χ1) is 11.7. The molecule has 2 rings (SSSR count). The van der Waals surface area contributed by atoms with Crippen molar-refractivity contribution in [1.29, 1.82) is 0 Å². The molecule has 0 atom stereocenters. The van der Waals surface area contributed by atoms with Crippen LogP contribution in [0.2, 0.25) is 5.28 Å². The fourth-order valence-electron chi connectivity index (χ4n) is 2.12. The van der Waals surface area contributed by atoms with E-state index >= 15 is 0 Å². The minimum atomic E-state index is -4.27. The maximum atomic E-state index is 11.2. The lowest BCUT2D eigenvalue weighted by Gasteiger charge is -2.17. The van der Waals surface area contributed by atoms with Gasteiger partial charge in [0.1, 0.15) is 0 Å². The Bertz CT molecular complexity index is 862. The van der Waals surface area contributed by atoms with Crippen LogP contribution in [0.1, 0.15) is 12.0 Å². The van der Waals surface area contributed by atoms with Crippen molar-refractivity contribution in [3.05, 3.63) is 29.0 Å². The number of aryl methyl sites for hydroxylation is 1. The molecule has 2 aromatic rings. The molecule has 3 N–H and O–H groups in total. The highest BCUT2D eigenvalue weighted by Crippen LogP contribution is 2.22. The number of hydrogen-bond acceptors (Lipinski definition) is 8. The molecule has 9 nitrogen and oxygen atoms in total. The first-order valence-corrected chi connectivity index (χ1v) is 9.11. The number of benzene rings is 1. The lowest BCUT2D eigenvalue weighted by molar-refractivity contribution is 0.290. The molecule has 0 spiro atoms. The molecule has 1 aromatic heterocycles. The molecular weight excluding hydrogens is 370 g/mol. The van der Waals surface area contributed by atoms with E-state index in [0.717, 1.165) is 0 Å². The second kappa shape index (κ2) is 7.91. The Hall–Kier alpha value is -2.01. The molecule has 0 amide bonds. The van der Waals surface area contributed by atoms with Crippen molar-refractivity contribution in [2.45, 2.75) is 18.2 Å². The van der Waals surface area contributed by atoms with Crippen LogP contribution >= 0.6 is 11.6 Å². The molecule has 0 aliphatic rings. The normalized spacial score (nSPS) is 11.4. The predicted molar refractivity (Wildman–Crippen MR) is 94.1 cm³/mol. The molecule has 0 saturated carbocycles. The van der Waals surface area contributed by atoms with Crippen molar-refractivity contribution in [2.75, 3.05) is 30.4 Å². The summed E-state index contributed by atoms with van der Waals surface area (Å²) in [4.78, 5) is 13.8. The van der Waals surface area contributed by atoms with Crippen LogP contribution < -0.4 is 10.2 Å². The number of hydrogen-bond donors (Lipinski definition) is 3. The summed E-state index contributed by atoms with van der Waals surface area (Å²) < 4.78 is 31.6. The Kier molecular flexibility index (Phi) is 6.11. The van der Waals surface area contributed by atoms with Gasteiger partial charge in [0.2, 0.25) is 17.2 Å². The molecule has 0 saturated heterocycles. The minimum absolute atomic E-state index is 0.00498. The predicted octanol–water partition coefficient (Wildman–Crippen LogP) is 1.64. The molecule has 25 heavy (non-hydrogen) atoms. The average Bonchev–Trinajstić information content (AvgIpc) is 2.50. The van der Waals surface area contributed by atoms with E-state index in [9.17, 15) is 8.42 Å². The smallest absolute Gasteiger partial charge is 0.294 e. The largest absolute Gasteiger partial charge is 0.396 e. The summed E-state index contributed by atoms with van der Waals surface area (Å²) in [6.07, 6.45) is 0.554. The molecule has 0 radical (unpaired) electrons. The van der Waals surface area contributed by atoms with Crippen molar-refractivity contribution < 1.29 is 18.1 Å². The molecule has 0 aliphatic heterocycles. The molecule has 0 aliphatic carbocycles. The fraction of sp³-hybridized carbons (Fsp3) is 0.357. The van der Waals surface area contributed by atoms with Crippen LogP contribution in [0.4, 0.5) is 17.6 Å². The number of nitrogens with zero attached hydrogens (tertiary/aromatic N) is 4. The molecule has 136 valence electrons. The zero-order chi connectivity index (χ0) is 18.6. The van der Waals surface area contributed by atoms with Gasteiger partial charge in [-0.25, -0.2) is 0 Å². The third-order valence-electron chi connectivity index (χ3n) is 3.30. The monoisotopic (exact) mass is 387 g/mol. The SMILES string of the molecule is Cc1cc(Nc2nc(Cl)nc(N(C)CCCO)n2)ccc1S(=O)(=O)O. The molecule has 1 heterocycles. The van der Waals surface area contributed by atoms with Gasteiger partial charge in [0, 0.05) is 25.9 Å². The fourth-order valence-corrected chi connectivity index (χ4v) is 2.98. The molecule has 0 bridgehead atoms. The zero-order valence-electron chi connectivity index (χ0n) is 13.6. The second-order valence-corrected chi connectivity index (χ2v) is 7.04. The van der Waals surface area contributed by atoms with Crippen LogP contribution in [-0.2, 0) is 10.1 Å². The molecule has 0 fully saturated rings. The maximum absolute atomic E-state index is 11.2. The number of aromatic nitrogens is 3. The molecule has 0 unspecified atom stereocenters. The highest BCUT2D eigenvalue weighted by atomic mass is 35.5. The van der Waals surface area contributed by atoms with Crippen molar-refractivity contribution in [2.24, 2.45) is 0 Å². The van der Waals surface area contributed by atoms with E-state index in [1.807, 2.05) is 0 Å². The molecule has 1 aromatic carbocycles. The number of aliphatic hydroxyl groups excluding tert-OH is 1. The van der Waals surface area contributed by atoms with Gasteiger partial charge in [-0.3, -0.25) is 4.55 Å². The van der Waals surface area contributed by atoms with Gasteiger partial charge < -0.3 is 15.3 Å². The first kappa shape index (κ1) is 19.3. The summed E-state index contributed by atoms with van der Waals surface area (Å²) >= 11 is 5.92. The first-order valence-electron chi connectivity index (χ1n) is 7.29. The van der Waals surface area contributed by atoms with E-state index in [1.165, 1.54) is 18.2 Å². The highest BCUT2D eigenvalue weighted by Gasteiger charge is 2.14. The van der Waals surface area contributed by atoms with Gasteiger partial charge in [-0.15, -0.1) is 0 Å². The zero-order valence-corrected chi connectivity index (χ0v) is 15.2. The number of rotatable bonds is 7. The Morgan fingerprint density at radius 1 is 1.28 bits per heavy atom. The Morgan fingerprint density at radius 3 is 2.60 bits per heavy atom. The van der Waals surface area contributed by atoms with Crippen LogP contribution in [0.15, 0.2) is 23.1 Å². The van der Waals surface area contributed by atoms with Crippen LogP contribution in [0.3, 0.4) is 0 Å². The van der Waals surface area contributed by atoms with Crippen molar-refractivity contribution in [3.8, 4) is 0 Å². The summed E-state index contributed by atoms with van der Waals surface area (Å²) in [5.74, 6) is 0.520. The van der Waals surface area contributed by atoms with Gasteiger partial charge in [-0.2, -0.15) is 23.4 Å². The van der Waals surface area contributed by atoms with E-state index in [0.29, 0.717) is 30.2 Å². The van der Waals surface area contributed by atoms with Gasteiger partial charge in [0.05, 0.1) is 4.90 Å². The third-order valence-corrected chi connectivity index (χ3v) is 4.48. The molecular formula is C14H18ClN5O4S. The minimum Gasteiger partial charge on any atom is -0.396 e. The number of halogens is 1. The number of nitrogens with one attached hydrogen (secondary N) is 1. The van der Waals surface area contributed by atoms with Gasteiger partial charge in [-0.1, -0.05) is 0 Å².